The summed E-state index contributed by atoms with van der Waals surface area (Å²) >= 11 is 0. The Morgan fingerprint density at radius 1 is 1.28 bits per heavy atom. The number of hydrogen-bond acceptors (Lipinski definition) is 3. The molecule has 3 heteroatoms. The maximum absolute atomic E-state index is 5.84. The van der Waals surface area contributed by atoms with Gasteiger partial charge in [-0.25, -0.2) is 0 Å². The summed E-state index contributed by atoms with van der Waals surface area (Å²) in [5.41, 5.74) is 8.99. The molecule has 18 heavy (non-hydrogen) atoms. The van der Waals surface area contributed by atoms with Crippen molar-refractivity contribution in [3.63, 3.8) is 0 Å². The van der Waals surface area contributed by atoms with Crippen molar-refractivity contribution in [1.29, 1.82) is 0 Å². The maximum atomic E-state index is 5.84. The summed E-state index contributed by atoms with van der Waals surface area (Å²) in [4.78, 5) is 2.23. The van der Waals surface area contributed by atoms with Crippen LogP contribution in [-0.2, 0) is 0 Å². The van der Waals surface area contributed by atoms with E-state index in [-0.39, 0.29) is 0 Å². The second-order valence-corrected chi connectivity index (χ2v) is 5.80. The Morgan fingerprint density at radius 3 is 2.44 bits per heavy atom. The van der Waals surface area contributed by atoms with E-state index in [9.17, 15) is 0 Å². The van der Waals surface area contributed by atoms with E-state index in [4.69, 9.17) is 5.73 Å². The lowest BCUT2D eigenvalue weighted by atomic mass is 10.0. The zero-order chi connectivity index (χ0) is 13.7. The minimum absolute atomic E-state index is 0.475. The van der Waals surface area contributed by atoms with Crippen molar-refractivity contribution in [3.05, 3.63) is 23.8 Å². The molecule has 0 amide bonds. The molecule has 0 aliphatic heterocycles. The van der Waals surface area contributed by atoms with Crippen LogP contribution in [0.1, 0.15) is 25.8 Å². The van der Waals surface area contributed by atoms with Gasteiger partial charge in [0.1, 0.15) is 0 Å². The van der Waals surface area contributed by atoms with Gasteiger partial charge < -0.3 is 16.0 Å². The van der Waals surface area contributed by atoms with Crippen LogP contribution >= 0.6 is 0 Å². The van der Waals surface area contributed by atoms with Crippen LogP contribution in [-0.4, -0.2) is 31.6 Å². The monoisotopic (exact) mass is 249 g/mol. The Labute approximate surface area is 111 Å². The van der Waals surface area contributed by atoms with Crippen molar-refractivity contribution in [2.24, 2.45) is 5.92 Å². The summed E-state index contributed by atoms with van der Waals surface area (Å²) in [7, 11) is 4.23. The molecule has 0 saturated heterocycles. The first kappa shape index (κ1) is 14.8. The van der Waals surface area contributed by atoms with Gasteiger partial charge in [0.2, 0.25) is 0 Å². The quantitative estimate of drug-likeness (QED) is 0.762. The van der Waals surface area contributed by atoms with Crippen molar-refractivity contribution in [1.82, 2.24) is 4.90 Å². The minimum Gasteiger partial charge on any atom is -0.399 e. The van der Waals surface area contributed by atoms with E-state index in [0.29, 0.717) is 12.0 Å². The topological polar surface area (TPSA) is 41.3 Å². The van der Waals surface area contributed by atoms with E-state index in [1.165, 1.54) is 6.42 Å². The Kier molecular flexibility index (Phi) is 5.48. The highest BCUT2D eigenvalue weighted by Crippen LogP contribution is 2.19. The molecule has 1 aromatic carbocycles. The van der Waals surface area contributed by atoms with Gasteiger partial charge in [0, 0.05) is 24.0 Å². The maximum Gasteiger partial charge on any atom is 0.0390 e. The minimum atomic E-state index is 0.475. The number of nitrogen functional groups attached to an aromatic ring is 1. The van der Waals surface area contributed by atoms with Gasteiger partial charge in [-0.2, -0.15) is 0 Å². The molecule has 0 radical (unpaired) electrons. The van der Waals surface area contributed by atoms with Gasteiger partial charge in [-0.05, 0) is 57.1 Å². The van der Waals surface area contributed by atoms with Crippen LogP contribution < -0.4 is 11.1 Å². The molecule has 0 saturated carbocycles. The lowest BCUT2D eigenvalue weighted by molar-refractivity contribution is 0.356. The molecule has 1 unspecified atom stereocenters. The number of benzene rings is 1. The smallest absolute Gasteiger partial charge is 0.0390 e. The third-order valence-electron chi connectivity index (χ3n) is 2.98. The summed E-state index contributed by atoms with van der Waals surface area (Å²) in [6.07, 6.45) is 1.17. The van der Waals surface area contributed by atoms with E-state index in [0.717, 1.165) is 23.5 Å². The Bertz CT molecular complexity index is 362. The third kappa shape index (κ3) is 4.96. The van der Waals surface area contributed by atoms with Gasteiger partial charge in [-0.1, -0.05) is 13.8 Å². The van der Waals surface area contributed by atoms with E-state index >= 15 is 0 Å². The second-order valence-electron chi connectivity index (χ2n) is 5.80. The first-order valence-corrected chi connectivity index (χ1v) is 6.66. The number of anilines is 2. The number of likely N-dealkylation sites (N-methyl/N-ethyl adjacent to an activating group) is 1. The molecule has 3 nitrogen and oxygen atoms in total. The van der Waals surface area contributed by atoms with Crippen LogP contribution in [0.4, 0.5) is 11.4 Å². The van der Waals surface area contributed by atoms with Crippen LogP contribution in [0.25, 0.3) is 0 Å². The van der Waals surface area contributed by atoms with Gasteiger partial charge in [0.25, 0.3) is 0 Å². The van der Waals surface area contributed by atoms with Crippen LogP contribution in [0.15, 0.2) is 18.2 Å². The molecule has 1 rings (SSSR count). The molecule has 102 valence electrons. The molecule has 1 aromatic rings. The molecule has 3 N–H and O–H groups in total. The molecular weight excluding hydrogens is 222 g/mol. The fourth-order valence-corrected chi connectivity index (χ4v) is 2.19. The first-order chi connectivity index (χ1) is 8.38. The van der Waals surface area contributed by atoms with Gasteiger partial charge in [-0.15, -0.1) is 0 Å². The van der Waals surface area contributed by atoms with Crippen LogP contribution in [0.2, 0.25) is 0 Å². The number of hydrogen-bond donors (Lipinski definition) is 2. The molecule has 0 aliphatic rings. The van der Waals surface area contributed by atoms with E-state index < -0.39 is 0 Å². The molecule has 0 spiro atoms. The van der Waals surface area contributed by atoms with Crippen molar-refractivity contribution in [3.8, 4) is 0 Å². The van der Waals surface area contributed by atoms with Gasteiger partial charge in [-0.3, -0.25) is 0 Å². The van der Waals surface area contributed by atoms with E-state index in [2.05, 4.69) is 50.3 Å². The average Bonchev–Trinajstić information content (AvgIpc) is 2.21. The number of nitrogens with one attached hydrogen (secondary N) is 1. The molecule has 0 fully saturated rings. The molecule has 0 heterocycles. The van der Waals surface area contributed by atoms with Gasteiger partial charge in [0.05, 0.1) is 0 Å². The van der Waals surface area contributed by atoms with Crippen molar-refractivity contribution >= 4 is 11.4 Å². The van der Waals surface area contributed by atoms with Crippen molar-refractivity contribution < 1.29 is 0 Å². The largest absolute Gasteiger partial charge is 0.399 e. The zero-order valence-electron chi connectivity index (χ0n) is 12.3. The van der Waals surface area contributed by atoms with Crippen molar-refractivity contribution in [2.75, 3.05) is 31.7 Å². The standard InChI is InChI=1S/C15H27N3/c1-11(2)8-14(10-18(4)5)17-13-6-7-15(16)12(3)9-13/h6-7,9,11,14,17H,8,10,16H2,1-5H3. The number of rotatable bonds is 6. The fourth-order valence-electron chi connectivity index (χ4n) is 2.19. The van der Waals surface area contributed by atoms with Crippen LogP contribution in [0.3, 0.4) is 0 Å². The lowest BCUT2D eigenvalue weighted by Crippen LogP contribution is -2.33. The SMILES string of the molecule is Cc1cc(NC(CC(C)C)CN(C)C)ccc1N. The van der Waals surface area contributed by atoms with Gasteiger partial charge in [0.15, 0.2) is 0 Å². The lowest BCUT2D eigenvalue weighted by Gasteiger charge is -2.25. The third-order valence-corrected chi connectivity index (χ3v) is 2.98. The molecule has 0 aromatic heterocycles. The fraction of sp³-hybridized carbons (Fsp3) is 0.600. The van der Waals surface area contributed by atoms with Crippen LogP contribution in [0, 0.1) is 12.8 Å². The Hall–Kier alpha value is -1.22. The van der Waals surface area contributed by atoms with E-state index in [1.54, 1.807) is 0 Å². The zero-order valence-corrected chi connectivity index (χ0v) is 12.3. The normalized spacial score (nSPS) is 13.1. The predicted molar refractivity (Wildman–Crippen MR) is 81.0 cm³/mol. The molecule has 1 atom stereocenters. The Morgan fingerprint density at radius 2 is 1.94 bits per heavy atom. The molecule has 0 bridgehead atoms. The van der Waals surface area contributed by atoms with Crippen LogP contribution in [0.5, 0.6) is 0 Å². The summed E-state index contributed by atoms with van der Waals surface area (Å²) in [6, 6.07) is 6.63. The number of nitrogens with zero attached hydrogens (tertiary/aromatic N) is 1. The van der Waals surface area contributed by atoms with Gasteiger partial charge >= 0.3 is 0 Å². The summed E-state index contributed by atoms with van der Waals surface area (Å²) in [6.45, 7) is 7.61. The van der Waals surface area contributed by atoms with Crippen molar-refractivity contribution in [2.45, 2.75) is 33.2 Å². The number of nitrogens with two attached hydrogens (primary N) is 1. The molecular formula is C15H27N3. The second kappa shape index (κ2) is 6.64. The summed E-state index contributed by atoms with van der Waals surface area (Å²) in [5.74, 6) is 0.692. The summed E-state index contributed by atoms with van der Waals surface area (Å²) in [5, 5.41) is 3.61. The van der Waals surface area contributed by atoms with E-state index in [1.807, 2.05) is 13.0 Å². The highest BCUT2D eigenvalue weighted by Gasteiger charge is 2.12. The highest BCUT2D eigenvalue weighted by molar-refractivity contribution is 5.57. The predicted octanol–water partition coefficient (Wildman–Crippen LogP) is 2.97. The Balaban J connectivity index is 2.71. The highest BCUT2D eigenvalue weighted by atomic mass is 15.1. The average molecular weight is 249 g/mol. The first-order valence-electron chi connectivity index (χ1n) is 6.66. The molecule has 0 aliphatic carbocycles. The summed E-state index contributed by atoms with van der Waals surface area (Å²) < 4.78 is 0. The number of aryl methyl sites for hydroxylation is 1.